The molecule has 0 N–H and O–H groups in total. The Bertz CT molecular complexity index is 191. The Labute approximate surface area is 73.9 Å². The van der Waals surface area contributed by atoms with Crippen molar-refractivity contribution in [1.29, 1.82) is 5.26 Å². The molecule has 0 bridgehead atoms. The number of nitriles is 1. The van der Waals surface area contributed by atoms with Crippen molar-refractivity contribution in [2.75, 3.05) is 0 Å². The van der Waals surface area contributed by atoms with Crippen molar-refractivity contribution < 1.29 is 4.79 Å². The summed E-state index contributed by atoms with van der Waals surface area (Å²) in [6.45, 7) is 5.40. The maximum Gasteiger partial charge on any atom is 0.139 e. The molecular weight excluding hydrogens is 150 g/mol. The molecule has 66 valence electrons. The Morgan fingerprint density at radius 2 is 2.33 bits per heavy atom. The van der Waals surface area contributed by atoms with Crippen molar-refractivity contribution in [3.8, 4) is 6.07 Å². The molecule has 0 aromatic carbocycles. The van der Waals surface area contributed by atoms with Gasteiger partial charge in [-0.1, -0.05) is 13.0 Å². The largest absolute Gasteiger partial charge is 0.299 e. The molecule has 0 aliphatic heterocycles. The molecular formula is C10H15NO. The molecule has 0 rings (SSSR count). The molecule has 2 heteroatoms. The minimum atomic E-state index is -0.0351. The average Bonchev–Trinajstić information content (AvgIpc) is 2.10. The van der Waals surface area contributed by atoms with E-state index in [9.17, 15) is 4.79 Å². The average molecular weight is 165 g/mol. The number of nitrogens with zero attached hydrogens (tertiary/aromatic N) is 1. The third-order valence-corrected chi connectivity index (χ3v) is 1.82. The summed E-state index contributed by atoms with van der Waals surface area (Å²) in [5.74, 6) is 0.190. The first-order valence-corrected chi connectivity index (χ1v) is 4.24. The second-order valence-electron chi connectivity index (χ2n) is 2.86. The van der Waals surface area contributed by atoms with Gasteiger partial charge in [-0.3, -0.25) is 4.79 Å². The van der Waals surface area contributed by atoms with Gasteiger partial charge in [-0.15, -0.1) is 6.58 Å². The maximum absolute atomic E-state index is 11.2. The highest BCUT2D eigenvalue weighted by Gasteiger charge is 2.07. The quantitative estimate of drug-likeness (QED) is 0.448. The summed E-state index contributed by atoms with van der Waals surface area (Å²) in [5.41, 5.74) is 0. The fourth-order valence-corrected chi connectivity index (χ4v) is 0.862. The number of ketones is 1. The summed E-state index contributed by atoms with van der Waals surface area (Å²) in [5, 5.41) is 8.24. The van der Waals surface area contributed by atoms with E-state index >= 15 is 0 Å². The van der Waals surface area contributed by atoms with E-state index in [-0.39, 0.29) is 11.7 Å². The second-order valence-corrected chi connectivity index (χ2v) is 2.86. The second kappa shape index (κ2) is 6.60. The predicted octanol–water partition coefficient (Wildman–Crippen LogP) is 2.46. The third-order valence-electron chi connectivity index (χ3n) is 1.82. The normalized spacial score (nSPS) is 11.7. The van der Waals surface area contributed by atoms with Crippen molar-refractivity contribution in [3.63, 3.8) is 0 Å². The van der Waals surface area contributed by atoms with Gasteiger partial charge < -0.3 is 0 Å². The van der Waals surface area contributed by atoms with Crippen molar-refractivity contribution in [2.24, 2.45) is 5.92 Å². The Hall–Kier alpha value is -1.10. The van der Waals surface area contributed by atoms with Gasteiger partial charge in [0.2, 0.25) is 0 Å². The number of unbranched alkanes of at least 4 members (excludes halogenated alkanes) is 2. The molecule has 0 radical (unpaired) electrons. The van der Waals surface area contributed by atoms with Crippen molar-refractivity contribution in [3.05, 3.63) is 12.7 Å². The van der Waals surface area contributed by atoms with Crippen LogP contribution in [0.15, 0.2) is 12.7 Å². The molecule has 0 aliphatic carbocycles. The molecule has 0 fully saturated rings. The van der Waals surface area contributed by atoms with Gasteiger partial charge in [0.1, 0.15) is 5.78 Å². The van der Waals surface area contributed by atoms with Gasteiger partial charge in [0.15, 0.2) is 0 Å². The van der Waals surface area contributed by atoms with Crippen LogP contribution in [0.3, 0.4) is 0 Å². The lowest BCUT2D eigenvalue weighted by atomic mass is 10.0. The van der Waals surface area contributed by atoms with Crippen LogP contribution in [0.4, 0.5) is 0 Å². The molecule has 1 atom stereocenters. The van der Waals surface area contributed by atoms with Crippen LogP contribution in [0, 0.1) is 17.2 Å². The standard InChI is InChI=1S/C10H15NO/c1-3-9(2)10(12)7-5-4-6-8-11/h3,9H,1,4-7H2,2H3. The lowest BCUT2D eigenvalue weighted by molar-refractivity contribution is -0.121. The highest BCUT2D eigenvalue weighted by molar-refractivity contribution is 5.82. The lowest BCUT2D eigenvalue weighted by Crippen LogP contribution is -2.07. The highest BCUT2D eigenvalue weighted by Crippen LogP contribution is 2.06. The van der Waals surface area contributed by atoms with Gasteiger partial charge in [0.05, 0.1) is 6.07 Å². The molecule has 1 unspecified atom stereocenters. The molecule has 2 nitrogen and oxygen atoms in total. The zero-order valence-corrected chi connectivity index (χ0v) is 7.55. The SMILES string of the molecule is C=CC(C)C(=O)CCCCC#N. The van der Waals surface area contributed by atoms with Crippen molar-refractivity contribution in [1.82, 2.24) is 0 Å². The Kier molecular flexibility index (Phi) is 6.00. The topological polar surface area (TPSA) is 40.9 Å². The van der Waals surface area contributed by atoms with Crippen LogP contribution in [0.25, 0.3) is 0 Å². The van der Waals surface area contributed by atoms with Gasteiger partial charge in [-0.05, 0) is 12.8 Å². The Morgan fingerprint density at radius 3 is 2.83 bits per heavy atom. The summed E-state index contributed by atoms with van der Waals surface area (Å²) in [7, 11) is 0. The molecule has 0 aromatic heterocycles. The summed E-state index contributed by atoms with van der Waals surface area (Å²) in [4.78, 5) is 11.2. The maximum atomic E-state index is 11.2. The summed E-state index contributed by atoms with van der Waals surface area (Å²) in [6, 6.07) is 2.05. The first-order chi connectivity index (χ1) is 5.72. The smallest absolute Gasteiger partial charge is 0.139 e. The summed E-state index contributed by atoms with van der Waals surface area (Å²) >= 11 is 0. The van der Waals surface area contributed by atoms with E-state index in [0.29, 0.717) is 12.8 Å². The number of rotatable bonds is 6. The van der Waals surface area contributed by atoms with Crippen LogP contribution < -0.4 is 0 Å². The highest BCUT2D eigenvalue weighted by atomic mass is 16.1. The first kappa shape index (κ1) is 10.9. The molecule has 0 saturated heterocycles. The van der Waals surface area contributed by atoms with Gasteiger partial charge in [-0.25, -0.2) is 0 Å². The number of carbonyl (C=O) groups is 1. The van der Waals surface area contributed by atoms with Crippen LogP contribution in [0.1, 0.15) is 32.6 Å². The van der Waals surface area contributed by atoms with E-state index in [1.165, 1.54) is 0 Å². The molecule has 12 heavy (non-hydrogen) atoms. The van der Waals surface area contributed by atoms with Crippen LogP contribution in [0.2, 0.25) is 0 Å². The van der Waals surface area contributed by atoms with Gasteiger partial charge in [0, 0.05) is 18.8 Å². The monoisotopic (exact) mass is 165 g/mol. The molecule has 0 aliphatic rings. The molecule has 0 aromatic rings. The van der Waals surface area contributed by atoms with Crippen molar-refractivity contribution >= 4 is 5.78 Å². The minimum absolute atomic E-state index is 0.0351. The number of carbonyl (C=O) groups excluding carboxylic acids is 1. The minimum Gasteiger partial charge on any atom is -0.299 e. The molecule has 0 heterocycles. The Balaban J connectivity index is 3.45. The Morgan fingerprint density at radius 1 is 1.67 bits per heavy atom. The van der Waals surface area contributed by atoms with E-state index in [1.807, 2.05) is 6.92 Å². The van der Waals surface area contributed by atoms with Crippen LogP contribution in [-0.4, -0.2) is 5.78 Å². The zero-order chi connectivity index (χ0) is 9.40. The van der Waals surface area contributed by atoms with E-state index in [1.54, 1.807) is 6.08 Å². The fraction of sp³-hybridized carbons (Fsp3) is 0.600. The van der Waals surface area contributed by atoms with Gasteiger partial charge in [0.25, 0.3) is 0 Å². The van der Waals surface area contributed by atoms with Gasteiger partial charge in [-0.2, -0.15) is 5.26 Å². The zero-order valence-electron chi connectivity index (χ0n) is 7.55. The van der Waals surface area contributed by atoms with E-state index in [4.69, 9.17) is 5.26 Å². The summed E-state index contributed by atoms with van der Waals surface area (Å²) in [6.07, 6.45) is 4.44. The molecule has 0 saturated carbocycles. The van der Waals surface area contributed by atoms with Crippen LogP contribution in [0.5, 0.6) is 0 Å². The number of hydrogen-bond donors (Lipinski definition) is 0. The van der Waals surface area contributed by atoms with E-state index < -0.39 is 0 Å². The van der Waals surface area contributed by atoms with Gasteiger partial charge >= 0.3 is 0 Å². The summed E-state index contributed by atoms with van der Waals surface area (Å²) < 4.78 is 0. The third kappa shape index (κ3) is 4.68. The predicted molar refractivity (Wildman–Crippen MR) is 48.4 cm³/mol. The number of Topliss-reactive ketones (excluding diaryl/α,β-unsaturated/α-hetero) is 1. The van der Waals surface area contributed by atoms with Crippen molar-refractivity contribution in [2.45, 2.75) is 32.6 Å². The number of hydrogen-bond acceptors (Lipinski definition) is 2. The number of allylic oxidation sites excluding steroid dienone is 1. The van der Waals surface area contributed by atoms with Crippen LogP contribution in [-0.2, 0) is 4.79 Å². The lowest BCUT2D eigenvalue weighted by Gasteiger charge is -2.02. The fourth-order valence-electron chi connectivity index (χ4n) is 0.862. The first-order valence-electron chi connectivity index (χ1n) is 4.24. The molecule has 0 spiro atoms. The van der Waals surface area contributed by atoms with E-state index in [0.717, 1.165) is 12.8 Å². The molecule has 0 amide bonds. The van der Waals surface area contributed by atoms with Crippen LogP contribution >= 0.6 is 0 Å². The van der Waals surface area contributed by atoms with E-state index in [2.05, 4.69) is 12.6 Å².